The van der Waals surface area contributed by atoms with Gasteiger partial charge in [-0.1, -0.05) is 23.7 Å². The maximum Gasteiger partial charge on any atom is 0.363 e. The van der Waals surface area contributed by atoms with Crippen LogP contribution in [-0.4, -0.2) is 36.0 Å². The van der Waals surface area contributed by atoms with Crippen LogP contribution < -0.4 is 4.74 Å². The lowest BCUT2D eigenvalue weighted by Crippen LogP contribution is -2.14. The number of nitro benzene ring substituents is 1. The highest BCUT2D eigenvalue weighted by molar-refractivity contribution is 6.32. The summed E-state index contributed by atoms with van der Waals surface area (Å²) in [6, 6.07) is 10.6. The molecule has 0 fully saturated rings. The summed E-state index contributed by atoms with van der Waals surface area (Å²) in [5.41, 5.74) is 0.506. The first kappa shape index (κ1) is 21.0. The predicted octanol–water partition coefficient (Wildman–Crippen LogP) is 3.53. The number of benzene rings is 2. The molecule has 0 amide bonds. The van der Waals surface area contributed by atoms with Crippen LogP contribution in [0.1, 0.15) is 18.1 Å². The fourth-order valence-corrected chi connectivity index (χ4v) is 2.70. The highest BCUT2D eigenvalue weighted by atomic mass is 35.5. The van der Waals surface area contributed by atoms with Gasteiger partial charge < -0.3 is 14.2 Å². The molecule has 0 aromatic heterocycles. The molecule has 2 aromatic carbocycles. The molecule has 1 aliphatic rings. The molecule has 0 saturated carbocycles. The Morgan fingerprint density at radius 2 is 2.10 bits per heavy atom. The van der Waals surface area contributed by atoms with Crippen molar-refractivity contribution in [3.05, 3.63) is 74.4 Å². The third-order valence-electron chi connectivity index (χ3n) is 3.83. The Hall–Kier alpha value is -3.72. The number of carbonyl (C=O) groups excluding carboxylic acids is 2. The topological polar surface area (TPSA) is 117 Å². The van der Waals surface area contributed by atoms with Crippen LogP contribution in [-0.2, 0) is 19.1 Å². The molecule has 1 heterocycles. The largest absolute Gasteiger partial charge is 0.482 e. The SMILES string of the molecule is CCOC(=O)COc1cccc(/C=C2\N=C(c3ccc(Cl)c([N+](=O)[O-])c3)OC2=O)c1. The van der Waals surface area contributed by atoms with E-state index < -0.39 is 16.9 Å². The molecule has 9 nitrogen and oxygen atoms in total. The molecule has 30 heavy (non-hydrogen) atoms. The Morgan fingerprint density at radius 3 is 2.83 bits per heavy atom. The molecule has 3 rings (SSSR count). The van der Waals surface area contributed by atoms with Crippen LogP contribution in [0, 0.1) is 10.1 Å². The maximum absolute atomic E-state index is 12.2. The van der Waals surface area contributed by atoms with Crippen molar-refractivity contribution in [3.63, 3.8) is 0 Å². The van der Waals surface area contributed by atoms with Crippen molar-refractivity contribution in [1.29, 1.82) is 0 Å². The molecule has 0 aliphatic carbocycles. The molecule has 0 saturated heterocycles. The summed E-state index contributed by atoms with van der Waals surface area (Å²) in [5.74, 6) is -0.866. The van der Waals surface area contributed by atoms with Crippen LogP contribution in [0.15, 0.2) is 53.2 Å². The molecular weight excluding hydrogens is 416 g/mol. The lowest BCUT2D eigenvalue weighted by molar-refractivity contribution is -0.384. The number of carbonyl (C=O) groups is 2. The van der Waals surface area contributed by atoms with E-state index in [0.717, 1.165) is 0 Å². The third-order valence-corrected chi connectivity index (χ3v) is 4.15. The summed E-state index contributed by atoms with van der Waals surface area (Å²) in [5, 5.41) is 11.0. The number of cyclic esters (lactones) is 1. The van der Waals surface area contributed by atoms with Crippen LogP contribution in [0.3, 0.4) is 0 Å². The van der Waals surface area contributed by atoms with E-state index in [1.807, 2.05) is 0 Å². The highest BCUT2D eigenvalue weighted by Crippen LogP contribution is 2.28. The third kappa shape index (κ3) is 5.00. The second kappa shape index (κ2) is 9.19. The lowest BCUT2D eigenvalue weighted by atomic mass is 10.2. The summed E-state index contributed by atoms with van der Waals surface area (Å²) >= 11 is 5.80. The average molecular weight is 431 g/mol. The van der Waals surface area contributed by atoms with Crippen molar-refractivity contribution in [1.82, 2.24) is 0 Å². The van der Waals surface area contributed by atoms with Gasteiger partial charge in [-0.25, -0.2) is 14.6 Å². The van der Waals surface area contributed by atoms with Crippen LogP contribution in [0.5, 0.6) is 5.75 Å². The van der Waals surface area contributed by atoms with E-state index in [9.17, 15) is 19.7 Å². The van der Waals surface area contributed by atoms with E-state index in [1.54, 1.807) is 31.2 Å². The van der Waals surface area contributed by atoms with Gasteiger partial charge in [-0.2, -0.15) is 0 Å². The van der Waals surface area contributed by atoms with E-state index in [1.165, 1.54) is 24.3 Å². The average Bonchev–Trinajstić information content (AvgIpc) is 3.07. The van der Waals surface area contributed by atoms with Crippen LogP contribution in [0.4, 0.5) is 5.69 Å². The lowest BCUT2D eigenvalue weighted by Gasteiger charge is -2.06. The summed E-state index contributed by atoms with van der Waals surface area (Å²) in [4.78, 5) is 38.1. The van der Waals surface area contributed by atoms with E-state index in [4.69, 9.17) is 25.8 Å². The fraction of sp³-hybridized carbons (Fsp3) is 0.150. The summed E-state index contributed by atoms with van der Waals surface area (Å²) in [7, 11) is 0. The zero-order valence-electron chi connectivity index (χ0n) is 15.7. The number of halogens is 1. The molecule has 0 atom stereocenters. The van der Waals surface area contributed by atoms with Gasteiger partial charge >= 0.3 is 11.9 Å². The molecule has 154 valence electrons. The van der Waals surface area contributed by atoms with Gasteiger partial charge in [0.05, 0.1) is 11.5 Å². The molecule has 0 radical (unpaired) electrons. The van der Waals surface area contributed by atoms with Gasteiger partial charge in [0.1, 0.15) is 10.8 Å². The van der Waals surface area contributed by atoms with E-state index in [0.29, 0.717) is 11.3 Å². The van der Waals surface area contributed by atoms with Crippen molar-refractivity contribution in [2.75, 3.05) is 13.2 Å². The van der Waals surface area contributed by atoms with Crippen molar-refractivity contribution in [2.24, 2.45) is 4.99 Å². The molecule has 1 aliphatic heterocycles. The minimum absolute atomic E-state index is 0.00476. The molecule has 0 unspecified atom stereocenters. The van der Waals surface area contributed by atoms with E-state index in [-0.39, 0.29) is 41.1 Å². The maximum atomic E-state index is 12.2. The number of aliphatic imine (C=N–C) groups is 1. The monoisotopic (exact) mass is 430 g/mol. The Morgan fingerprint density at radius 1 is 1.30 bits per heavy atom. The smallest absolute Gasteiger partial charge is 0.363 e. The molecule has 0 bridgehead atoms. The second-order valence-electron chi connectivity index (χ2n) is 5.93. The van der Waals surface area contributed by atoms with E-state index >= 15 is 0 Å². The molecule has 0 spiro atoms. The predicted molar refractivity (Wildman–Crippen MR) is 107 cm³/mol. The van der Waals surface area contributed by atoms with Gasteiger partial charge in [0.15, 0.2) is 12.3 Å². The van der Waals surface area contributed by atoms with Crippen LogP contribution >= 0.6 is 11.6 Å². The minimum atomic E-state index is -0.708. The number of hydrogen-bond acceptors (Lipinski definition) is 8. The summed E-state index contributed by atoms with van der Waals surface area (Å²) < 4.78 is 15.3. The number of nitrogens with zero attached hydrogens (tertiary/aromatic N) is 2. The molecule has 2 aromatic rings. The fourth-order valence-electron chi connectivity index (χ4n) is 2.52. The van der Waals surface area contributed by atoms with Gasteiger partial charge in [0, 0.05) is 11.6 Å². The zero-order chi connectivity index (χ0) is 21.7. The number of esters is 2. The van der Waals surface area contributed by atoms with Crippen molar-refractivity contribution in [3.8, 4) is 5.75 Å². The van der Waals surface area contributed by atoms with Crippen molar-refractivity contribution >= 4 is 41.2 Å². The first-order chi connectivity index (χ1) is 14.4. The van der Waals surface area contributed by atoms with E-state index in [2.05, 4.69) is 4.99 Å². The van der Waals surface area contributed by atoms with Crippen molar-refractivity contribution < 1.29 is 28.7 Å². The summed E-state index contributed by atoms with van der Waals surface area (Å²) in [6.07, 6.45) is 1.47. The molecular formula is C20H15ClN2O7. The second-order valence-corrected chi connectivity index (χ2v) is 6.33. The van der Waals surface area contributed by atoms with Gasteiger partial charge in [-0.3, -0.25) is 10.1 Å². The van der Waals surface area contributed by atoms with Gasteiger partial charge in [-0.15, -0.1) is 0 Å². The normalized spacial score (nSPS) is 14.3. The number of nitro groups is 1. The van der Waals surface area contributed by atoms with Gasteiger partial charge in [0.2, 0.25) is 5.90 Å². The Kier molecular flexibility index (Phi) is 6.43. The number of ether oxygens (including phenoxy) is 3. The van der Waals surface area contributed by atoms with Gasteiger partial charge in [0.25, 0.3) is 5.69 Å². The first-order valence-electron chi connectivity index (χ1n) is 8.72. The standard InChI is InChI=1S/C20H15ClN2O7/c1-2-28-18(24)11-29-14-5-3-4-12(8-14)9-16-20(25)30-19(22-16)13-6-7-15(21)17(10-13)23(26)27/h3-10H,2,11H2,1H3/b16-9-. The first-order valence-corrected chi connectivity index (χ1v) is 9.10. The van der Waals surface area contributed by atoms with Crippen LogP contribution in [0.2, 0.25) is 5.02 Å². The molecule has 10 heteroatoms. The van der Waals surface area contributed by atoms with Gasteiger partial charge in [-0.05, 0) is 42.8 Å². The molecule has 0 N–H and O–H groups in total. The summed E-state index contributed by atoms with van der Waals surface area (Å²) in [6.45, 7) is 1.71. The Bertz CT molecular complexity index is 1080. The highest BCUT2D eigenvalue weighted by Gasteiger charge is 2.26. The number of hydrogen-bond donors (Lipinski definition) is 0. The number of rotatable bonds is 7. The minimum Gasteiger partial charge on any atom is -0.482 e. The Labute approximate surface area is 175 Å². The van der Waals surface area contributed by atoms with Crippen molar-refractivity contribution in [2.45, 2.75) is 6.92 Å². The quantitative estimate of drug-likeness (QED) is 0.285. The Balaban J connectivity index is 1.81. The zero-order valence-corrected chi connectivity index (χ0v) is 16.4. The van der Waals surface area contributed by atoms with Crippen LogP contribution in [0.25, 0.3) is 6.08 Å².